The summed E-state index contributed by atoms with van der Waals surface area (Å²) >= 11 is 1.04. The third kappa shape index (κ3) is 7.28. The molecule has 1 aromatic rings. The van der Waals surface area contributed by atoms with Crippen molar-refractivity contribution in [3.05, 3.63) is 16.1 Å². The molecule has 2 atom stereocenters. The minimum Gasteiger partial charge on any atom is -0.356 e. The minimum atomic E-state index is -4.37. The fraction of sp³-hybridized carbons (Fsp3) is 0.750. The Balaban J connectivity index is 0.00000312. The van der Waals surface area contributed by atoms with Gasteiger partial charge in [-0.3, -0.25) is 4.99 Å². The molecular weight excluding hydrogens is 464 g/mol. The Hall–Kier alpha value is -0.580. The van der Waals surface area contributed by atoms with Crippen molar-refractivity contribution in [3.63, 3.8) is 0 Å². The van der Waals surface area contributed by atoms with Crippen molar-refractivity contribution in [3.8, 4) is 0 Å². The van der Waals surface area contributed by atoms with Crippen LogP contribution in [0.4, 0.5) is 13.2 Å². The second-order valence-electron chi connectivity index (χ2n) is 6.63. The Kier molecular flexibility index (Phi) is 8.93. The van der Waals surface area contributed by atoms with E-state index < -0.39 is 11.9 Å². The van der Waals surface area contributed by atoms with Crippen LogP contribution in [0.15, 0.2) is 10.4 Å². The van der Waals surface area contributed by atoms with E-state index in [1.54, 1.807) is 7.05 Å². The van der Waals surface area contributed by atoms with Crippen molar-refractivity contribution in [2.24, 2.45) is 16.8 Å². The molecule has 9 heteroatoms. The highest BCUT2D eigenvalue weighted by Gasteiger charge is 2.33. The lowest BCUT2D eigenvalue weighted by molar-refractivity contribution is -0.140. The highest BCUT2D eigenvalue weighted by Crippen LogP contribution is 2.30. The topological polar surface area (TPSA) is 49.3 Å². The van der Waals surface area contributed by atoms with Crippen LogP contribution < -0.4 is 10.6 Å². The lowest BCUT2D eigenvalue weighted by Gasteiger charge is -2.32. The van der Waals surface area contributed by atoms with E-state index in [9.17, 15) is 13.2 Å². The van der Waals surface area contributed by atoms with Crippen LogP contribution in [-0.2, 0) is 12.6 Å². The number of aromatic nitrogens is 1. The van der Waals surface area contributed by atoms with Crippen molar-refractivity contribution in [1.82, 2.24) is 15.6 Å². The number of halogens is 4. The van der Waals surface area contributed by atoms with Crippen LogP contribution in [0.2, 0.25) is 0 Å². The first-order chi connectivity index (χ1) is 11.3. The molecule has 0 bridgehead atoms. The molecule has 0 saturated heterocycles. The molecule has 4 nitrogen and oxygen atoms in total. The molecule has 1 aliphatic carbocycles. The first kappa shape index (κ1) is 22.5. The zero-order chi connectivity index (χ0) is 17.7. The molecule has 2 unspecified atom stereocenters. The number of aliphatic imine (C=N–C) groups is 1. The average molecular weight is 490 g/mol. The van der Waals surface area contributed by atoms with E-state index in [1.807, 2.05) is 0 Å². The summed E-state index contributed by atoms with van der Waals surface area (Å²) in [6.45, 7) is 5.03. The summed E-state index contributed by atoms with van der Waals surface area (Å²) in [6.07, 6.45) is -0.429. The largest absolute Gasteiger partial charge is 0.434 e. The normalized spacial score (nSPS) is 24.6. The highest BCUT2D eigenvalue weighted by molar-refractivity contribution is 14.0. The van der Waals surface area contributed by atoms with Gasteiger partial charge in [0.2, 0.25) is 0 Å². The molecule has 0 amide bonds. The Labute approximate surface area is 168 Å². The SMILES string of the molecule is CN=C(NCCc1nc(C(F)(F)F)cs1)NC1CC(C)CC(C)C1.I. The Morgan fingerprint density at radius 2 is 1.92 bits per heavy atom. The van der Waals surface area contributed by atoms with Crippen LogP contribution in [0.3, 0.4) is 0 Å². The first-order valence-corrected chi connectivity index (χ1v) is 9.14. The smallest absolute Gasteiger partial charge is 0.356 e. The fourth-order valence-corrected chi connectivity index (χ4v) is 4.10. The molecular formula is C16H26F3IN4S. The molecule has 2 N–H and O–H groups in total. The predicted octanol–water partition coefficient (Wildman–Crippen LogP) is 4.31. The van der Waals surface area contributed by atoms with Crippen LogP contribution in [0, 0.1) is 11.8 Å². The lowest BCUT2D eigenvalue weighted by atomic mass is 9.80. The van der Waals surface area contributed by atoms with Gasteiger partial charge >= 0.3 is 6.18 Å². The van der Waals surface area contributed by atoms with Gasteiger partial charge in [0.05, 0.1) is 5.01 Å². The van der Waals surface area contributed by atoms with Gasteiger partial charge in [0.15, 0.2) is 11.7 Å². The van der Waals surface area contributed by atoms with E-state index in [1.165, 1.54) is 6.42 Å². The lowest BCUT2D eigenvalue weighted by Crippen LogP contribution is -2.46. The Morgan fingerprint density at radius 3 is 2.44 bits per heavy atom. The van der Waals surface area contributed by atoms with Crippen LogP contribution in [0.1, 0.15) is 43.8 Å². The van der Waals surface area contributed by atoms with Crippen LogP contribution >= 0.6 is 35.3 Å². The van der Waals surface area contributed by atoms with Crippen molar-refractivity contribution in [2.45, 2.75) is 51.7 Å². The second-order valence-corrected chi connectivity index (χ2v) is 7.57. The molecule has 2 rings (SSSR count). The molecule has 144 valence electrons. The molecule has 1 saturated carbocycles. The minimum absolute atomic E-state index is 0. The predicted molar refractivity (Wildman–Crippen MR) is 107 cm³/mol. The second kappa shape index (κ2) is 9.94. The van der Waals surface area contributed by atoms with E-state index in [2.05, 4.69) is 34.5 Å². The molecule has 25 heavy (non-hydrogen) atoms. The van der Waals surface area contributed by atoms with Crippen molar-refractivity contribution >= 4 is 41.3 Å². The molecule has 1 aromatic heterocycles. The fourth-order valence-electron chi connectivity index (χ4n) is 3.30. The highest BCUT2D eigenvalue weighted by atomic mass is 127. The summed E-state index contributed by atoms with van der Waals surface area (Å²) in [7, 11) is 1.70. The zero-order valence-electron chi connectivity index (χ0n) is 14.7. The molecule has 1 aliphatic rings. The molecule has 0 aromatic carbocycles. The van der Waals surface area contributed by atoms with Gasteiger partial charge in [-0.1, -0.05) is 13.8 Å². The van der Waals surface area contributed by atoms with Crippen LogP contribution in [0.25, 0.3) is 0 Å². The van der Waals surface area contributed by atoms with E-state index in [-0.39, 0.29) is 24.0 Å². The van der Waals surface area contributed by atoms with Crippen molar-refractivity contribution in [1.29, 1.82) is 0 Å². The number of rotatable bonds is 4. The molecule has 1 heterocycles. The monoisotopic (exact) mass is 490 g/mol. The average Bonchev–Trinajstić information content (AvgIpc) is 2.94. The summed E-state index contributed by atoms with van der Waals surface area (Å²) < 4.78 is 37.6. The molecule has 0 spiro atoms. The van der Waals surface area contributed by atoms with E-state index in [0.29, 0.717) is 41.8 Å². The van der Waals surface area contributed by atoms with Gasteiger partial charge in [-0.25, -0.2) is 4.98 Å². The number of alkyl halides is 3. The summed E-state index contributed by atoms with van der Waals surface area (Å²) in [6, 6.07) is 0.395. The summed E-state index contributed by atoms with van der Waals surface area (Å²) in [5.74, 6) is 2.09. The third-order valence-electron chi connectivity index (χ3n) is 4.22. The standard InChI is InChI=1S/C16H25F3N4S.HI/c1-10-6-11(2)8-12(7-10)22-15(20-3)21-5-4-14-23-13(9-24-14)16(17,18)19;/h9-12H,4-8H2,1-3H3,(H2,20,21,22);1H. The van der Waals surface area contributed by atoms with Crippen LogP contribution in [0.5, 0.6) is 0 Å². The van der Waals surface area contributed by atoms with Gasteiger partial charge in [-0.05, 0) is 31.1 Å². The zero-order valence-corrected chi connectivity index (χ0v) is 17.8. The number of nitrogens with zero attached hydrogens (tertiary/aromatic N) is 2. The van der Waals surface area contributed by atoms with Gasteiger partial charge in [-0.15, -0.1) is 35.3 Å². The number of hydrogen-bond acceptors (Lipinski definition) is 3. The van der Waals surface area contributed by atoms with Gasteiger partial charge in [0.25, 0.3) is 0 Å². The maximum Gasteiger partial charge on any atom is 0.434 e. The van der Waals surface area contributed by atoms with Crippen LogP contribution in [-0.4, -0.2) is 30.6 Å². The first-order valence-electron chi connectivity index (χ1n) is 8.26. The summed E-state index contributed by atoms with van der Waals surface area (Å²) in [4.78, 5) is 7.84. The van der Waals surface area contributed by atoms with E-state index in [0.717, 1.165) is 29.6 Å². The number of thiazole rings is 1. The quantitative estimate of drug-likeness (QED) is 0.376. The molecule has 1 fully saturated rings. The number of hydrogen-bond donors (Lipinski definition) is 2. The third-order valence-corrected chi connectivity index (χ3v) is 5.13. The number of guanidine groups is 1. The summed E-state index contributed by atoms with van der Waals surface area (Å²) in [5, 5.41) is 8.13. The van der Waals surface area contributed by atoms with Gasteiger partial charge in [0.1, 0.15) is 0 Å². The summed E-state index contributed by atoms with van der Waals surface area (Å²) in [5.41, 5.74) is -0.810. The maximum absolute atomic E-state index is 12.5. The molecule has 0 aliphatic heterocycles. The Bertz CT molecular complexity index is 552. The van der Waals surface area contributed by atoms with E-state index in [4.69, 9.17) is 0 Å². The maximum atomic E-state index is 12.5. The number of nitrogens with one attached hydrogen (secondary N) is 2. The Morgan fingerprint density at radius 1 is 1.28 bits per heavy atom. The van der Waals surface area contributed by atoms with Gasteiger partial charge in [0, 0.05) is 31.4 Å². The van der Waals surface area contributed by atoms with Crippen molar-refractivity contribution in [2.75, 3.05) is 13.6 Å². The molecule has 0 radical (unpaired) electrons. The van der Waals surface area contributed by atoms with E-state index >= 15 is 0 Å². The van der Waals surface area contributed by atoms with Gasteiger partial charge in [-0.2, -0.15) is 13.2 Å². The van der Waals surface area contributed by atoms with Gasteiger partial charge < -0.3 is 10.6 Å². The van der Waals surface area contributed by atoms with Crippen molar-refractivity contribution < 1.29 is 13.2 Å².